The Kier molecular flexibility index (Phi) is 6.45. The maximum Gasteiger partial charge on any atom is 0.295 e. The Morgan fingerprint density at radius 2 is 0.761 bits per heavy atom. The highest BCUT2D eigenvalue weighted by atomic mass is 32.2. The van der Waals surface area contributed by atoms with Gasteiger partial charge in [-0.25, -0.2) is 0 Å². The first-order valence-electron chi connectivity index (χ1n) is 20.3. The van der Waals surface area contributed by atoms with E-state index in [-0.39, 0.29) is 16.2 Å². The zero-order valence-corrected chi connectivity index (χ0v) is 29.8. The molecular formula is C42H60O3S. The lowest BCUT2D eigenvalue weighted by Crippen LogP contribution is -2.58. The number of rotatable bonds is 7. The van der Waals surface area contributed by atoms with Crippen molar-refractivity contribution in [2.24, 2.45) is 71.0 Å². The van der Waals surface area contributed by atoms with Gasteiger partial charge in [0.25, 0.3) is 10.1 Å². The van der Waals surface area contributed by atoms with Gasteiger partial charge in [0, 0.05) is 16.2 Å². The Hall–Kier alpha value is -0.870. The molecule has 46 heavy (non-hydrogen) atoms. The highest BCUT2D eigenvalue weighted by molar-refractivity contribution is 7.86. The molecule has 1 N–H and O–H groups in total. The number of hydrogen-bond donors (Lipinski definition) is 1. The van der Waals surface area contributed by atoms with Gasteiger partial charge in [-0.1, -0.05) is 32.9 Å². The van der Waals surface area contributed by atoms with Crippen LogP contribution in [0.1, 0.15) is 153 Å². The summed E-state index contributed by atoms with van der Waals surface area (Å²) < 4.78 is 40.3. The zero-order valence-electron chi connectivity index (χ0n) is 29.0. The van der Waals surface area contributed by atoms with Crippen molar-refractivity contribution in [1.82, 2.24) is 0 Å². The second-order valence-electron chi connectivity index (χ2n) is 19.5. The molecule has 1 aromatic rings. The summed E-state index contributed by atoms with van der Waals surface area (Å²) >= 11 is 0. The minimum Gasteiger partial charge on any atom is -0.282 e. The first-order chi connectivity index (χ1) is 22.1. The quantitative estimate of drug-likeness (QED) is 0.301. The second-order valence-corrected chi connectivity index (χ2v) is 20.8. The van der Waals surface area contributed by atoms with Crippen LogP contribution in [0.5, 0.6) is 0 Å². The van der Waals surface area contributed by atoms with Gasteiger partial charge in [0.1, 0.15) is 4.90 Å². The van der Waals surface area contributed by atoms with E-state index in [0.717, 1.165) is 71.3 Å². The first-order valence-corrected chi connectivity index (χ1v) is 21.7. The number of benzene rings is 1. The molecule has 0 heterocycles. The van der Waals surface area contributed by atoms with E-state index in [4.69, 9.17) is 0 Å². The number of hydrogen-bond acceptors (Lipinski definition) is 2. The molecule has 12 aliphatic rings. The van der Waals surface area contributed by atoms with Crippen LogP contribution in [-0.4, -0.2) is 13.0 Å². The zero-order chi connectivity index (χ0) is 31.4. The third kappa shape index (κ3) is 3.69. The highest BCUT2D eigenvalue weighted by Crippen LogP contribution is 2.70. The van der Waals surface area contributed by atoms with Crippen LogP contribution >= 0.6 is 0 Å². The Balaban J connectivity index is 1.27. The topological polar surface area (TPSA) is 54.4 Å². The molecule has 13 rings (SSSR count). The fourth-order valence-electron chi connectivity index (χ4n) is 17.6. The van der Waals surface area contributed by atoms with Crippen molar-refractivity contribution in [3.63, 3.8) is 0 Å². The maximum atomic E-state index is 14.3. The molecule has 12 bridgehead atoms. The van der Waals surface area contributed by atoms with E-state index in [2.05, 4.69) is 32.9 Å². The van der Waals surface area contributed by atoms with Gasteiger partial charge in [-0.15, -0.1) is 0 Å². The molecule has 12 saturated carbocycles. The summed E-state index contributed by atoms with van der Waals surface area (Å²) in [6, 6.07) is 5.06. The van der Waals surface area contributed by atoms with E-state index >= 15 is 0 Å². The molecule has 1 aromatic carbocycles. The Morgan fingerprint density at radius 1 is 0.500 bits per heavy atom. The van der Waals surface area contributed by atoms with Crippen LogP contribution in [0.25, 0.3) is 0 Å². The van der Waals surface area contributed by atoms with Gasteiger partial charge < -0.3 is 0 Å². The average Bonchev–Trinajstić information content (AvgIpc) is 3.00. The molecule has 252 valence electrons. The predicted octanol–water partition coefficient (Wildman–Crippen LogP) is 10.2. The summed E-state index contributed by atoms with van der Waals surface area (Å²) in [5.41, 5.74) is 3.71. The molecule has 0 saturated heterocycles. The molecule has 0 radical (unpaired) electrons. The van der Waals surface area contributed by atoms with Crippen LogP contribution < -0.4 is 0 Å². The van der Waals surface area contributed by atoms with Crippen molar-refractivity contribution in [2.45, 2.75) is 157 Å². The third-order valence-corrected chi connectivity index (χ3v) is 19.4. The van der Waals surface area contributed by atoms with Gasteiger partial charge in [0.15, 0.2) is 0 Å². The first kappa shape index (κ1) is 30.0. The standard InChI is InChI=1S/C42H60O3S/c1-4-40(30-10-24-7-25(12-30)13-31(40)11-24)36-22-37(41(5-2)32-14-26-8-27(16-32)17-33(41)15-26)39(46(43,44)45)38(23-36)42(6-3)34-18-28-9-29(20-34)21-35(42)19-28/h22-35H,4-21H2,1-3H3,(H,43,44,45). The van der Waals surface area contributed by atoms with Crippen LogP contribution in [0.4, 0.5) is 0 Å². The van der Waals surface area contributed by atoms with Crippen LogP contribution in [0.2, 0.25) is 0 Å². The fraction of sp³-hybridized carbons (Fsp3) is 0.857. The summed E-state index contributed by atoms with van der Waals surface area (Å²) in [6.45, 7) is 7.26. The molecule has 3 nitrogen and oxygen atoms in total. The van der Waals surface area contributed by atoms with Crippen LogP contribution in [-0.2, 0) is 26.4 Å². The van der Waals surface area contributed by atoms with Crippen molar-refractivity contribution in [1.29, 1.82) is 0 Å². The van der Waals surface area contributed by atoms with E-state index in [1.165, 1.54) is 108 Å². The monoisotopic (exact) mass is 644 g/mol. The van der Waals surface area contributed by atoms with Crippen molar-refractivity contribution >= 4 is 10.1 Å². The molecule has 12 fully saturated rings. The van der Waals surface area contributed by atoms with E-state index in [1.54, 1.807) is 0 Å². The Morgan fingerprint density at radius 3 is 1.00 bits per heavy atom. The van der Waals surface area contributed by atoms with Crippen molar-refractivity contribution < 1.29 is 13.0 Å². The molecule has 0 amide bonds. The summed E-state index contributed by atoms with van der Waals surface area (Å²) in [5.74, 6) is 8.86. The average molecular weight is 645 g/mol. The minimum absolute atomic E-state index is 0.120. The molecule has 0 spiro atoms. The SMILES string of the molecule is CCC1(c2cc(C3(CC)C4CC5CC(C4)CC3C5)c(S(=O)(=O)O)c(C3(CC)C4CC5CC(C4)CC3C5)c2)C2CC3CC(C2)CC1C3. The van der Waals surface area contributed by atoms with Gasteiger partial charge >= 0.3 is 0 Å². The van der Waals surface area contributed by atoms with Gasteiger partial charge in [0.2, 0.25) is 0 Å². The Labute approximate surface area is 279 Å². The molecule has 0 aliphatic heterocycles. The van der Waals surface area contributed by atoms with Crippen molar-refractivity contribution in [2.75, 3.05) is 0 Å². The lowest BCUT2D eigenvalue weighted by Gasteiger charge is -2.64. The minimum atomic E-state index is -4.42. The third-order valence-electron chi connectivity index (χ3n) is 18.4. The molecule has 0 aromatic heterocycles. The summed E-state index contributed by atoms with van der Waals surface area (Å²) in [7, 11) is -4.42. The van der Waals surface area contributed by atoms with Crippen LogP contribution in [0, 0.1) is 71.0 Å². The maximum absolute atomic E-state index is 14.3. The predicted molar refractivity (Wildman–Crippen MR) is 183 cm³/mol. The van der Waals surface area contributed by atoms with E-state index in [1.807, 2.05) is 0 Å². The van der Waals surface area contributed by atoms with Gasteiger partial charge in [-0.3, -0.25) is 4.55 Å². The summed E-state index contributed by atoms with van der Waals surface area (Å²) in [5, 5.41) is 0. The normalized spacial score (nSPS) is 52.6. The van der Waals surface area contributed by atoms with Crippen molar-refractivity contribution in [3.8, 4) is 0 Å². The van der Waals surface area contributed by atoms with Gasteiger partial charge in [-0.05, 0) is 203 Å². The largest absolute Gasteiger partial charge is 0.295 e. The van der Waals surface area contributed by atoms with Crippen molar-refractivity contribution in [3.05, 3.63) is 28.8 Å². The van der Waals surface area contributed by atoms with E-state index in [9.17, 15) is 13.0 Å². The second kappa shape index (κ2) is 9.88. The molecular weight excluding hydrogens is 585 g/mol. The molecule has 0 atom stereocenters. The van der Waals surface area contributed by atoms with Crippen LogP contribution in [0.15, 0.2) is 17.0 Å². The lowest BCUT2D eigenvalue weighted by molar-refractivity contribution is -0.0713. The van der Waals surface area contributed by atoms with E-state index in [0.29, 0.717) is 28.6 Å². The van der Waals surface area contributed by atoms with Gasteiger partial charge in [-0.2, -0.15) is 8.42 Å². The van der Waals surface area contributed by atoms with Crippen LogP contribution in [0.3, 0.4) is 0 Å². The fourth-order valence-corrected chi connectivity index (χ4v) is 18.7. The molecule has 12 aliphatic carbocycles. The summed E-state index contributed by atoms with van der Waals surface area (Å²) in [4.78, 5) is 0.440. The van der Waals surface area contributed by atoms with Gasteiger partial charge in [0.05, 0.1) is 0 Å². The smallest absolute Gasteiger partial charge is 0.282 e. The summed E-state index contributed by atoms with van der Waals surface area (Å²) in [6.07, 6.45) is 23.2. The lowest BCUT2D eigenvalue weighted by atomic mass is 9.40. The molecule has 4 heteroatoms. The Bertz CT molecular complexity index is 1380. The molecule has 0 unspecified atom stereocenters. The van der Waals surface area contributed by atoms with E-state index < -0.39 is 10.1 Å². The highest BCUT2D eigenvalue weighted by Gasteiger charge is 2.63.